The monoisotopic (exact) mass is 294 g/mol. The zero-order valence-corrected chi connectivity index (χ0v) is 11.5. The van der Waals surface area contributed by atoms with Gasteiger partial charge in [-0.05, 0) is 41.4 Å². The highest BCUT2D eigenvalue weighted by molar-refractivity contribution is 9.11. The number of carbonyl (C=O) groups excluding carboxylic acids is 1. The fraction of sp³-hybridized carbons (Fsp3) is 0.154. The highest BCUT2D eigenvalue weighted by Gasteiger charge is 2.12. The summed E-state index contributed by atoms with van der Waals surface area (Å²) in [5, 5.41) is 1.88. The topological polar surface area (TPSA) is 17.1 Å². The molecular formula is C13H11BrOS. The summed E-state index contributed by atoms with van der Waals surface area (Å²) in [6, 6.07) is 7.78. The summed E-state index contributed by atoms with van der Waals surface area (Å²) < 4.78 is 0.987. The average molecular weight is 295 g/mol. The Labute approximate surface area is 107 Å². The van der Waals surface area contributed by atoms with Crippen molar-refractivity contribution in [1.29, 1.82) is 0 Å². The Hall–Kier alpha value is -0.930. The molecule has 82 valence electrons. The van der Waals surface area contributed by atoms with Gasteiger partial charge in [0, 0.05) is 16.5 Å². The third kappa shape index (κ3) is 2.25. The Balaban J connectivity index is 2.41. The molecule has 0 aliphatic carbocycles. The van der Waals surface area contributed by atoms with Crippen LogP contribution in [0.3, 0.4) is 0 Å². The van der Waals surface area contributed by atoms with Gasteiger partial charge in [0.1, 0.15) is 0 Å². The van der Waals surface area contributed by atoms with Gasteiger partial charge < -0.3 is 0 Å². The summed E-state index contributed by atoms with van der Waals surface area (Å²) >= 11 is 4.90. The van der Waals surface area contributed by atoms with Crippen LogP contribution >= 0.6 is 27.3 Å². The van der Waals surface area contributed by atoms with Crippen molar-refractivity contribution in [3.63, 3.8) is 0 Å². The fourth-order valence-electron chi connectivity index (χ4n) is 1.65. The molecule has 16 heavy (non-hydrogen) atoms. The van der Waals surface area contributed by atoms with Gasteiger partial charge in [-0.15, -0.1) is 11.3 Å². The van der Waals surface area contributed by atoms with E-state index in [-0.39, 0.29) is 5.78 Å². The van der Waals surface area contributed by atoms with Crippen LogP contribution in [-0.4, -0.2) is 5.78 Å². The van der Waals surface area contributed by atoms with Crippen molar-refractivity contribution in [3.05, 3.63) is 55.7 Å². The van der Waals surface area contributed by atoms with Crippen LogP contribution in [0.15, 0.2) is 33.4 Å². The van der Waals surface area contributed by atoms with Crippen molar-refractivity contribution in [2.75, 3.05) is 0 Å². The predicted octanol–water partition coefficient (Wildman–Crippen LogP) is 4.36. The van der Waals surface area contributed by atoms with Crippen LogP contribution in [0.4, 0.5) is 0 Å². The van der Waals surface area contributed by atoms with Gasteiger partial charge in [0.05, 0.1) is 3.79 Å². The molecule has 3 heteroatoms. The number of halogens is 1. The molecule has 0 atom stereocenters. The largest absolute Gasteiger partial charge is 0.289 e. The average Bonchev–Trinajstić information content (AvgIpc) is 2.64. The summed E-state index contributed by atoms with van der Waals surface area (Å²) in [7, 11) is 0. The number of hydrogen-bond donors (Lipinski definition) is 0. The Kier molecular flexibility index (Phi) is 3.26. The first kappa shape index (κ1) is 11.6. The van der Waals surface area contributed by atoms with E-state index in [1.54, 1.807) is 0 Å². The zero-order valence-electron chi connectivity index (χ0n) is 9.08. The molecule has 0 unspecified atom stereocenters. The molecule has 0 amide bonds. The summed E-state index contributed by atoms with van der Waals surface area (Å²) in [4.78, 5) is 12.2. The van der Waals surface area contributed by atoms with Crippen molar-refractivity contribution in [1.82, 2.24) is 0 Å². The molecule has 0 aliphatic heterocycles. The van der Waals surface area contributed by atoms with Crippen molar-refractivity contribution < 1.29 is 4.79 Å². The maximum absolute atomic E-state index is 12.2. The third-order valence-corrected chi connectivity index (χ3v) is 3.96. The zero-order chi connectivity index (χ0) is 11.7. The quantitative estimate of drug-likeness (QED) is 0.752. The maximum atomic E-state index is 12.2. The van der Waals surface area contributed by atoms with E-state index in [0.29, 0.717) is 0 Å². The van der Waals surface area contributed by atoms with Crippen LogP contribution in [0.5, 0.6) is 0 Å². The molecule has 0 aliphatic rings. The van der Waals surface area contributed by atoms with Gasteiger partial charge in [-0.2, -0.15) is 0 Å². The number of hydrogen-bond acceptors (Lipinski definition) is 2. The van der Waals surface area contributed by atoms with E-state index in [1.807, 2.05) is 43.5 Å². The molecule has 0 N–H and O–H groups in total. The van der Waals surface area contributed by atoms with E-state index in [9.17, 15) is 4.79 Å². The number of rotatable bonds is 2. The molecule has 0 saturated carbocycles. The molecule has 1 aromatic heterocycles. The van der Waals surface area contributed by atoms with Gasteiger partial charge in [-0.25, -0.2) is 0 Å². The Morgan fingerprint density at radius 1 is 1.25 bits per heavy atom. The predicted molar refractivity (Wildman–Crippen MR) is 71.4 cm³/mol. The van der Waals surface area contributed by atoms with E-state index in [4.69, 9.17) is 0 Å². The lowest BCUT2D eigenvalue weighted by molar-refractivity contribution is 0.103. The highest BCUT2D eigenvalue weighted by Crippen LogP contribution is 2.24. The molecule has 0 spiro atoms. The first-order chi connectivity index (χ1) is 7.58. The smallest absolute Gasteiger partial charge is 0.194 e. The molecule has 2 aromatic rings. The second-order valence-electron chi connectivity index (χ2n) is 3.79. The van der Waals surface area contributed by atoms with Crippen LogP contribution in [0.25, 0.3) is 0 Å². The molecule has 0 radical (unpaired) electrons. The van der Waals surface area contributed by atoms with Crippen LogP contribution in [0.2, 0.25) is 0 Å². The summed E-state index contributed by atoms with van der Waals surface area (Å²) in [5.41, 5.74) is 3.76. The number of thiophene rings is 1. The number of benzene rings is 1. The lowest BCUT2D eigenvalue weighted by Gasteiger charge is -2.04. The summed E-state index contributed by atoms with van der Waals surface area (Å²) in [6.07, 6.45) is 0. The first-order valence-corrected chi connectivity index (χ1v) is 6.61. The van der Waals surface area contributed by atoms with E-state index in [2.05, 4.69) is 15.9 Å². The van der Waals surface area contributed by atoms with Crippen LogP contribution in [0, 0.1) is 13.8 Å². The highest BCUT2D eigenvalue weighted by atomic mass is 79.9. The molecule has 2 rings (SSSR count). The Morgan fingerprint density at radius 3 is 2.56 bits per heavy atom. The molecule has 0 fully saturated rings. The van der Waals surface area contributed by atoms with Crippen LogP contribution in [0.1, 0.15) is 27.0 Å². The minimum atomic E-state index is 0.0967. The molecule has 0 bridgehead atoms. The second kappa shape index (κ2) is 4.52. The van der Waals surface area contributed by atoms with Gasteiger partial charge in [0.2, 0.25) is 0 Å². The molecule has 1 nitrogen and oxygen atoms in total. The van der Waals surface area contributed by atoms with E-state index >= 15 is 0 Å². The Bertz CT molecular complexity index is 543. The van der Waals surface area contributed by atoms with Crippen molar-refractivity contribution in [2.24, 2.45) is 0 Å². The lowest BCUT2D eigenvalue weighted by Crippen LogP contribution is -2.02. The first-order valence-electron chi connectivity index (χ1n) is 4.94. The van der Waals surface area contributed by atoms with Crippen molar-refractivity contribution >= 4 is 33.0 Å². The lowest BCUT2D eigenvalue weighted by atomic mass is 9.99. The third-order valence-electron chi connectivity index (χ3n) is 2.46. The molecular weight excluding hydrogens is 284 g/mol. The van der Waals surface area contributed by atoms with Gasteiger partial charge in [-0.3, -0.25) is 4.79 Å². The normalized spacial score (nSPS) is 10.4. The van der Waals surface area contributed by atoms with Crippen molar-refractivity contribution in [3.8, 4) is 0 Å². The summed E-state index contributed by atoms with van der Waals surface area (Å²) in [5.74, 6) is 0.0967. The molecule has 0 saturated heterocycles. The number of ketones is 1. The minimum Gasteiger partial charge on any atom is -0.289 e. The van der Waals surface area contributed by atoms with Crippen molar-refractivity contribution in [2.45, 2.75) is 13.8 Å². The summed E-state index contributed by atoms with van der Waals surface area (Å²) in [6.45, 7) is 4.00. The van der Waals surface area contributed by atoms with E-state index in [0.717, 1.165) is 20.5 Å². The van der Waals surface area contributed by atoms with Gasteiger partial charge in [0.15, 0.2) is 5.78 Å². The van der Waals surface area contributed by atoms with Crippen LogP contribution < -0.4 is 0 Å². The maximum Gasteiger partial charge on any atom is 0.194 e. The molecule has 1 aromatic carbocycles. The second-order valence-corrected chi connectivity index (χ2v) is 6.08. The fourth-order valence-corrected chi connectivity index (χ4v) is 2.79. The Morgan fingerprint density at radius 2 is 2.00 bits per heavy atom. The molecule has 1 heterocycles. The van der Waals surface area contributed by atoms with E-state index in [1.165, 1.54) is 16.9 Å². The van der Waals surface area contributed by atoms with Crippen LogP contribution in [-0.2, 0) is 0 Å². The minimum absolute atomic E-state index is 0.0967. The van der Waals surface area contributed by atoms with E-state index < -0.39 is 0 Å². The number of carbonyl (C=O) groups is 1. The van der Waals surface area contributed by atoms with Gasteiger partial charge in [-0.1, -0.05) is 23.8 Å². The number of aryl methyl sites for hydroxylation is 2. The van der Waals surface area contributed by atoms with Gasteiger partial charge in [0.25, 0.3) is 0 Å². The van der Waals surface area contributed by atoms with Gasteiger partial charge >= 0.3 is 0 Å². The standard InChI is InChI=1S/C13H11BrOS/c1-8-3-4-11(9(2)5-8)13(15)10-6-12(14)16-7-10/h3-7H,1-2H3. The SMILES string of the molecule is Cc1ccc(C(=O)c2csc(Br)c2)c(C)c1.